The molecule has 1 aromatic heterocycles. The number of aliphatic carboxylic acids is 1. The van der Waals surface area contributed by atoms with Crippen molar-refractivity contribution in [2.24, 2.45) is 0 Å². The molecule has 104 valence electrons. The number of likely N-dealkylation sites (tertiary alicyclic amines) is 1. The van der Waals surface area contributed by atoms with Gasteiger partial charge >= 0.3 is 5.97 Å². The van der Waals surface area contributed by atoms with Gasteiger partial charge in [0.25, 0.3) is 5.91 Å². The van der Waals surface area contributed by atoms with Crippen molar-refractivity contribution in [1.29, 1.82) is 0 Å². The van der Waals surface area contributed by atoms with Crippen LogP contribution in [0.2, 0.25) is 0 Å². The molecule has 1 fully saturated rings. The zero-order valence-corrected chi connectivity index (χ0v) is 11.2. The van der Waals surface area contributed by atoms with E-state index in [1.807, 2.05) is 6.92 Å². The SMILES string of the molecule is CCCC1(C(=O)O)CCCN1C(=O)c1cc(C)no1. The van der Waals surface area contributed by atoms with Crippen LogP contribution in [0.3, 0.4) is 0 Å². The average molecular weight is 266 g/mol. The lowest BCUT2D eigenvalue weighted by atomic mass is 9.90. The Morgan fingerprint density at radius 3 is 2.84 bits per heavy atom. The Morgan fingerprint density at radius 1 is 1.58 bits per heavy atom. The maximum Gasteiger partial charge on any atom is 0.329 e. The van der Waals surface area contributed by atoms with E-state index in [1.54, 1.807) is 13.0 Å². The largest absolute Gasteiger partial charge is 0.479 e. The summed E-state index contributed by atoms with van der Waals surface area (Å²) in [6.45, 7) is 4.09. The Balaban J connectivity index is 2.31. The highest BCUT2D eigenvalue weighted by Gasteiger charge is 2.49. The van der Waals surface area contributed by atoms with Gasteiger partial charge in [0.15, 0.2) is 0 Å². The van der Waals surface area contributed by atoms with Crippen LogP contribution in [0.1, 0.15) is 48.9 Å². The van der Waals surface area contributed by atoms with Gasteiger partial charge < -0.3 is 14.5 Å². The number of carbonyl (C=O) groups excluding carboxylic acids is 1. The fraction of sp³-hybridized carbons (Fsp3) is 0.615. The van der Waals surface area contributed by atoms with E-state index in [0.29, 0.717) is 37.9 Å². The van der Waals surface area contributed by atoms with Crippen LogP contribution in [0.4, 0.5) is 0 Å². The molecule has 1 atom stereocenters. The van der Waals surface area contributed by atoms with E-state index in [0.717, 1.165) is 0 Å². The molecular formula is C13H18N2O4. The van der Waals surface area contributed by atoms with Gasteiger partial charge in [-0.25, -0.2) is 4.79 Å². The molecule has 1 N–H and O–H groups in total. The topological polar surface area (TPSA) is 83.6 Å². The van der Waals surface area contributed by atoms with Gasteiger partial charge in [0.1, 0.15) is 5.54 Å². The highest BCUT2D eigenvalue weighted by atomic mass is 16.5. The molecule has 0 aliphatic carbocycles. The number of hydrogen-bond donors (Lipinski definition) is 1. The van der Waals surface area contributed by atoms with Crippen molar-refractivity contribution < 1.29 is 19.2 Å². The van der Waals surface area contributed by atoms with Gasteiger partial charge in [-0.05, 0) is 26.2 Å². The number of carbonyl (C=O) groups is 2. The standard InChI is InChI=1S/C13H18N2O4/c1-3-5-13(12(17)18)6-4-7-15(13)11(16)10-8-9(2)14-19-10/h8H,3-7H2,1-2H3,(H,17,18). The maximum atomic E-state index is 12.4. The number of amides is 1. The van der Waals surface area contributed by atoms with E-state index < -0.39 is 11.5 Å². The van der Waals surface area contributed by atoms with Crippen LogP contribution in [-0.4, -0.2) is 39.1 Å². The second-order valence-electron chi connectivity index (χ2n) is 4.98. The first-order valence-corrected chi connectivity index (χ1v) is 6.50. The van der Waals surface area contributed by atoms with Crippen molar-refractivity contribution in [3.8, 4) is 0 Å². The van der Waals surface area contributed by atoms with E-state index in [-0.39, 0.29) is 11.7 Å². The Hall–Kier alpha value is -1.85. The fourth-order valence-electron chi connectivity index (χ4n) is 2.77. The van der Waals surface area contributed by atoms with Crippen molar-refractivity contribution >= 4 is 11.9 Å². The summed E-state index contributed by atoms with van der Waals surface area (Å²) in [6, 6.07) is 1.54. The number of carboxylic acid groups (broad SMARTS) is 1. The van der Waals surface area contributed by atoms with Gasteiger partial charge in [0, 0.05) is 12.6 Å². The van der Waals surface area contributed by atoms with Crippen molar-refractivity contribution in [1.82, 2.24) is 10.1 Å². The number of hydrogen-bond acceptors (Lipinski definition) is 4. The Bertz CT molecular complexity index is 497. The number of rotatable bonds is 4. The zero-order chi connectivity index (χ0) is 14.0. The van der Waals surface area contributed by atoms with E-state index in [1.165, 1.54) is 4.90 Å². The lowest BCUT2D eigenvalue weighted by Gasteiger charge is -2.33. The molecule has 2 heterocycles. The van der Waals surface area contributed by atoms with Crippen LogP contribution in [-0.2, 0) is 4.79 Å². The molecule has 6 heteroatoms. The number of aromatic nitrogens is 1. The Morgan fingerprint density at radius 2 is 2.32 bits per heavy atom. The summed E-state index contributed by atoms with van der Waals surface area (Å²) in [6.07, 6.45) is 2.37. The Labute approximate surface area is 111 Å². The predicted molar refractivity (Wildman–Crippen MR) is 66.8 cm³/mol. The highest BCUT2D eigenvalue weighted by Crippen LogP contribution is 2.35. The molecule has 1 aliphatic heterocycles. The van der Waals surface area contributed by atoms with Crippen LogP contribution in [0.15, 0.2) is 10.6 Å². The average Bonchev–Trinajstić information content (AvgIpc) is 2.96. The zero-order valence-electron chi connectivity index (χ0n) is 11.2. The lowest BCUT2D eigenvalue weighted by Crippen LogP contribution is -2.53. The van der Waals surface area contributed by atoms with Gasteiger partial charge in [-0.15, -0.1) is 0 Å². The maximum absolute atomic E-state index is 12.4. The molecule has 1 aromatic rings. The van der Waals surface area contributed by atoms with Gasteiger partial charge in [-0.2, -0.15) is 0 Å². The second kappa shape index (κ2) is 5.03. The summed E-state index contributed by atoms with van der Waals surface area (Å²) in [5.74, 6) is -1.20. The molecule has 1 saturated heterocycles. The normalized spacial score (nSPS) is 22.7. The smallest absolute Gasteiger partial charge is 0.329 e. The molecule has 0 aromatic carbocycles. The number of aryl methyl sites for hydroxylation is 1. The predicted octanol–water partition coefficient (Wildman–Crippen LogP) is 1.84. The van der Waals surface area contributed by atoms with Crippen molar-refractivity contribution in [3.63, 3.8) is 0 Å². The third kappa shape index (κ3) is 2.22. The minimum atomic E-state index is -1.09. The first kappa shape index (κ1) is 13.6. The van der Waals surface area contributed by atoms with E-state index in [9.17, 15) is 14.7 Å². The van der Waals surface area contributed by atoms with Crippen LogP contribution < -0.4 is 0 Å². The number of nitrogens with zero attached hydrogens (tertiary/aromatic N) is 2. The lowest BCUT2D eigenvalue weighted by molar-refractivity contribution is -0.148. The fourth-order valence-corrected chi connectivity index (χ4v) is 2.77. The first-order valence-electron chi connectivity index (χ1n) is 6.50. The second-order valence-corrected chi connectivity index (χ2v) is 4.98. The van der Waals surface area contributed by atoms with Crippen molar-refractivity contribution in [3.05, 3.63) is 17.5 Å². The molecule has 2 rings (SSSR count). The molecule has 19 heavy (non-hydrogen) atoms. The van der Waals surface area contributed by atoms with Crippen LogP contribution in [0, 0.1) is 6.92 Å². The molecule has 0 saturated carbocycles. The van der Waals surface area contributed by atoms with E-state index >= 15 is 0 Å². The quantitative estimate of drug-likeness (QED) is 0.899. The van der Waals surface area contributed by atoms with Gasteiger partial charge in [0.2, 0.25) is 5.76 Å². The molecular weight excluding hydrogens is 248 g/mol. The molecule has 1 unspecified atom stereocenters. The van der Waals surface area contributed by atoms with E-state index in [2.05, 4.69) is 5.16 Å². The minimum Gasteiger partial charge on any atom is -0.479 e. The molecule has 0 bridgehead atoms. The summed E-state index contributed by atoms with van der Waals surface area (Å²) < 4.78 is 4.96. The monoisotopic (exact) mass is 266 g/mol. The highest BCUT2D eigenvalue weighted by molar-refractivity contribution is 5.96. The van der Waals surface area contributed by atoms with Crippen LogP contribution in [0.5, 0.6) is 0 Å². The molecule has 1 aliphatic rings. The summed E-state index contributed by atoms with van der Waals surface area (Å²) in [7, 11) is 0. The van der Waals surface area contributed by atoms with Crippen LogP contribution in [0.25, 0.3) is 0 Å². The summed E-state index contributed by atoms with van der Waals surface area (Å²) in [5, 5.41) is 13.2. The van der Waals surface area contributed by atoms with E-state index in [4.69, 9.17) is 4.52 Å². The summed E-state index contributed by atoms with van der Waals surface area (Å²) >= 11 is 0. The third-order valence-corrected chi connectivity index (χ3v) is 3.63. The third-order valence-electron chi connectivity index (χ3n) is 3.63. The minimum absolute atomic E-state index is 0.112. The van der Waals surface area contributed by atoms with Crippen molar-refractivity contribution in [2.75, 3.05) is 6.54 Å². The molecule has 0 radical (unpaired) electrons. The summed E-state index contributed by atoms with van der Waals surface area (Å²) in [4.78, 5) is 25.4. The molecule has 1 amide bonds. The van der Waals surface area contributed by atoms with Crippen molar-refractivity contribution in [2.45, 2.75) is 45.1 Å². The van der Waals surface area contributed by atoms with Gasteiger partial charge in [-0.3, -0.25) is 4.79 Å². The first-order chi connectivity index (χ1) is 9.01. The van der Waals surface area contributed by atoms with Crippen LogP contribution >= 0.6 is 0 Å². The number of carboxylic acids is 1. The molecule has 0 spiro atoms. The van der Waals surface area contributed by atoms with Gasteiger partial charge in [-0.1, -0.05) is 18.5 Å². The summed E-state index contributed by atoms with van der Waals surface area (Å²) in [5.41, 5.74) is -0.481. The van der Waals surface area contributed by atoms with Gasteiger partial charge in [0.05, 0.1) is 5.69 Å². The Kier molecular flexibility index (Phi) is 3.59. The molecule has 6 nitrogen and oxygen atoms in total.